The lowest BCUT2D eigenvalue weighted by Crippen LogP contribution is -2.41. The Balaban J connectivity index is 1.94. The predicted molar refractivity (Wildman–Crippen MR) is 92.0 cm³/mol. The number of carbonyl (C=O) groups is 3. The van der Waals surface area contributed by atoms with Gasteiger partial charge in [0.05, 0.1) is 12.2 Å². The summed E-state index contributed by atoms with van der Waals surface area (Å²) in [4.78, 5) is 35.8. The van der Waals surface area contributed by atoms with Gasteiger partial charge in [-0.1, -0.05) is 26.3 Å². The molecule has 1 aromatic carbocycles. The summed E-state index contributed by atoms with van der Waals surface area (Å²) in [6, 6.07) is 5.70. The number of Topliss-reactive ketones (excluding diaryl/α,β-unsaturated/α-hetero) is 2. The number of nitrogens with one attached hydrogen (secondary N) is 1. The topological polar surface area (TPSA) is 72.5 Å². The molecule has 24 heavy (non-hydrogen) atoms. The molecule has 0 radical (unpaired) electrons. The van der Waals surface area contributed by atoms with Gasteiger partial charge in [-0.3, -0.25) is 9.59 Å². The summed E-state index contributed by atoms with van der Waals surface area (Å²) < 4.78 is 5.19. The molecule has 2 rings (SSSR count). The fraction of sp³-hybridized carbons (Fsp3) is 0.421. The third kappa shape index (κ3) is 4.54. The van der Waals surface area contributed by atoms with E-state index in [1.807, 2.05) is 0 Å². The van der Waals surface area contributed by atoms with Crippen molar-refractivity contribution in [2.24, 2.45) is 0 Å². The van der Waals surface area contributed by atoms with Gasteiger partial charge in [0.1, 0.15) is 6.04 Å². The van der Waals surface area contributed by atoms with Crippen molar-refractivity contribution in [2.45, 2.75) is 45.1 Å². The number of hydrogen-bond acceptors (Lipinski definition) is 5. The van der Waals surface area contributed by atoms with Gasteiger partial charge in [-0.05, 0) is 42.7 Å². The second-order valence-corrected chi connectivity index (χ2v) is 5.93. The van der Waals surface area contributed by atoms with Gasteiger partial charge >= 0.3 is 5.97 Å². The SMILES string of the molecule is C=C1CCC(=O)C(Nc2ccc(C(=O)OCCCCC)cc2)C1=O. The third-order valence-corrected chi connectivity index (χ3v) is 4.02. The van der Waals surface area contributed by atoms with Gasteiger partial charge < -0.3 is 10.1 Å². The number of unbranched alkanes of at least 4 members (excludes halogenated alkanes) is 2. The van der Waals surface area contributed by atoms with Gasteiger partial charge in [0.2, 0.25) is 0 Å². The van der Waals surface area contributed by atoms with E-state index in [0.717, 1.165) is 19.3 Å². The molecule has 1 N–H and O–H groups in total. The fourth-order valence-corrected chi connectivity index (χ4v) is 2.51. The zero-order valence-corrected chi connectivity index (χ0v) is 14.0. The van der Waals surface area contributed by atoms with Gasteiger partial charge in [-0.25, -0.2) is 4.79 Å². The van der Waals surface area contributed by atoms with Gasteiger partial charge in [0, 0.05) is 12.1 Å². The average Bonchev–Trinajstić information content (AvgIpc) is 2.59. The Bertz CT molecular complexity index is 633. The minimum Gasteiger partial charge on any atom is -0.462 e. The van der Waals surface area contributed by atoms with Crippen molar-refractivity contribution in [2.75, 3.05) is 11.9 Å². The first kappa shape index (κ1) is 17.9. The molecule has 0 aliphatic heterocycles. The third-order valence-electron chi connectivity index (χ3n) is 4.02. The Morgan fingerprint density at radius 1 is 1.21 bits per heavy atom. The Kier molecular flexibility index (Phi) is 6.29. The lowest BCUT2D eigenvalue weighted by molar-refractivity contribution is -0.128. The highest BCUT2D eigenvalue weighted by molar-refractivity contribution is 6.17. The smallest absolute Gasteiger partial charge is 0.338 e. The first-order chi connectivity index (χ1) is 11.5. The van der Waals surface area contributed by atoms with Crippen molar-refractivity contribution in [1.29, 1.82) is 0 Å². The molecule has 1 aromatic rings. The monoisotopic (exact) mass is 329 g/mol. The predicted octanol–water partition coefficient (Wildman–Crippen LogP) is 3.30. The number of hydrogen-bond donors (Lipinski definition) is 1. The Hall–Kier alpha value is -2.43. The van der Waals surface area contributed by atoms with E-state index in [0.29, 0.717) is 36.3 Å². The summed E-state index contributed by atoms with van der Waals surface area (Å²) >= 11 is 0. The van der Waals surface area contributed by atoms with Gasteiger partial charge in [-0.15, -0.1) is 0 Å². The molecule has 1 aliphatic rings. The summed E-state index contributed by atoms with van der Waals surface area (Å²) in [7, 11) is 0. The van der Waals surface area contributed by atoms with Crippen LogP contribution in [0.25, 0.3) is 0 Å². The first-order valence-corrected chi connectivity index (χ1v) is 8.31. The summed E-state index contributed by atoms with van der Waals surface area (Å²) in [5.41, 5.74) is 1.53. The van der Waals surface area contributed by atoms with Gasteiger partial charge in [-0.2, -0.15) is 0 Å². The van der Waals surface area contributed by atoms with E-state index in [4.69, 9.17) is 4.74 Å². The average molecular weight is 329 g/mol. The van der Waals surface area contributed by atoms with Crippen LogP contribution in [0.5, 0.6) is 0 Å². The minimum atomic E-state index is -0.877. The van der Waals surface area contributed by atoms with Crippen LogP contribution < -0.4 is 5.32 Å². The quantitative estimate of drug-likeness (QED) is 0.360. The lowest BCUT2D eigenvalue weighted by atomic mass is 9.89. The zero-order valence-electron chi connectivity index (χ0n) is 14.0. The summed E-state index contributed by atoms with van der Waals surface area (Å²) in [6.45, 7) is 6.20. The van der Waals surface area contributed by atoms with Crippen LogP contribution >= 0.6 is 0 Å². The Morgan fingerprint density at radius 2 is 1.92 bits per heavy atom. The van der Waals surface area contributed by atoms with E-state index in [1.165, 1.54) is 0 Å². The van der Waals surface area contributed by atoms with Crippen molar-refractivity contribution in [3.63, 3.8) is 0 Å². The number of ketones is 2. The van der Waals surface area contributed by atoms with Crippen LogP contribution in [0, 0.1) is 0 Å². The summed E-state index contributed by atoms with van der Waals surface area (Å²) in [5, 5.41) is 2.92. The summed E-state index contributed by atoms with van der Waals surface area (Å²) in [6.07, 6.45) is 3.72. The van der Waals surface area contributed by atoms with Crippen LogP contribution in [0.1, 0.15) is 49.4 Å². The van der Waals surface area contributed by atoms with Gasteiger partial charge in [0.25, 0.3) is 0 Å². The van der Waals surface area contributed by atoms with E-state index in [1.54, 1.807) is 24.3 Å². The van der Waals surface area contributed by atoms with Crippen LogP contribution in [0.4, 0.5) is 5.69 Å². The van der Waals surface area contributed by atoms with E-state index in [2.05, 4.69) is 18.8 Å². The molecule has 5 heteroatoms. The maximum Gasteiger partial charge on any atom is 0.338 e. The van der Waals surface area contributed by atoms with Crippen molar-refractivity contribution in [1.82, 2.24) is 0 Å². The highest BCUT2D eigenvalue weighted by Crippen LogP contribution is 2.20. The van der Waals surface area contributed by atoms with E-state index in [9.17, 15) is 14.4 Å². The molecule has 1 fully saturated rings. The largest absolute Gasteiger partial charge is 0.462 e. The maximum absolute atomic E-state index is 12.0. The van der Waals surface area contributed by atoms with Crippen molar-refractivity contribution < 1.29 is 19.1 Å². The van der Waals surface area contributed by atoms with Crippen molar-refractivity contribution in [3.05, 3.63) is 42.0 Å². The molecule has 0 amide bonds. The highest BCUT2D eigenvalue weighted by atomic mass is 16.5. The second-order valence-electron chi connectivity index (χ2n) is 5.93. The standard InChI is InChI=1S/C19H23NO4/c1-3-4-5-12-24-19(23)14-7-9-15(10-8-14)20-17-16(21)11-6-13(2)18(17)22/h7-10,17,20H,2-6,11-12H2,1H3. The Labute approximate surface area is 142 Å². The second kappa shape index (κ2) is 8.43. The maximum atomic E-state index is 12.0. The molecule has 0 spiro atoms. The molecular formula is C19H23NO4. The molecule has 5 nitrogen and oxygen atoms in total. The summed E-state index contributed by atoms with van der Waals surface area (Å²) in [5.74, 6) is -0.756. The molecule has 0 heterocycles. The fourth-order valence-electron chi connectivity index (χ4n) is 2.51. The van der Waals surface area contributed by atoms with E-state index < -0.39 is 6.04 Å². The van der Waals surface area contributed by atoms with Crippen LogP contribution in [0.2, 0.25) is 0 Å². The number of esters is 1. The first-order valence-electron chi connectivity index (χ1n) is 8.31. The van der Waals surface area contributed by atoms with Crippen LogP contribution in [0.15, 0.2) is 36.4 Å². The number of anilines is 1. The molecule has 0 bridgehead atoms. The van der Waals surface area contributed by atoms with Gasteiger partial charge in [0.15, 0.2) is 11.6 Å². The molecular weight excluding hydrogens is 306 g/mol. The number of ether oxygens (including phenoxy) is 1. The number of benzene rings is 1. The zero-order chi connectivity index (χ0) is 17.5. The molecule has 1 atom stereocenters. The molecule has 0 aromatic heterocycles. The minimum absolute atomic E-state index is 0.133. The molecule has 128 valence electrons. The van der Waals surface area contributed by atoms with E-state index in [-0.39, 0.29) is 17.5 Å². The molecule has 1 unspecified atom stereocenters. The lowest BCUT2D eigenvalue weighted by Gasteiger charge is -2.23. The molecule has 1 aliphatic carbocycles. The van der Waals surface area contributed by atoms with Crippen LogP contribution in [-0.2, 0) is 14.3 Å². The van der Waals surface area contributed by atoms with Crippen molar-refractivity contribution in [3.8, 4) is 0 Å². The van der Waals surface area contributed by atoms with Crippen LogP contribution in [-0.4, -0.2) is 30.2 Å². The number of rotatable bonds is 7. The normalized spacial score (nSPS) is 17.7. The van der Waals surface area contributed by atoms with Crippen LogP contribution in [0.3, 0.4) is 0 Å². The Morgan fingerprint density at radius 3 is 2.58 bits per heavy atom. The molecule has 0 saturated heterocycles. The highest BCUT2D eigenvalue weighted by Gasteiger charge is 2.32. The van der Waals surface area contributed by atoms with Crippen molar-refractivity contribution >= 4 is 23.2 Å². The van der Waals surface area contributed by atoms with E-state index >= 15 is 0 Å². The number of carbonyl (C=O) groups excluding carboxylic acids is 3. The molecule has 1 saturated carbocycles.